The summed E-state index contributed by atoms with van der Waals surface area (Å²) in [5.74, 6) is 0. The van der Waals surface area contributed by atoms with E-state index in [4.69, 9.17) is 0 Å². The van der Waals surface area contributed by atoms with Crippen molar-refractivity contribution >= 4 is 0 Å². The summed E-state index contributed by atoms with van der Waals surface area (Å²) in [6, 6.07) is 12.5. The average molecular weight is 226 g/mol. The van der Waals surface area contributed by atoms with E-state index in [0.717, 1.165) is 21.5 Å². The lowest BCUT2D eigenvalue weighted by atomic mass is 10.1. The molecule has 1 aromatic carbocycles. The second-order valence-corrected chi connectivity index (χ2v) is 3.98. The molecule has 2 aromatic heterocycles. The average Bonchev–Trinajstić information content (AvgIpc) is 2.81. The lowest BCUT2D eigenvalue weighted by molar-refractivity contribution is 0.792. The van der Waals surface area contributed by atoms with Crippen LogP contribution in [0.15, 0.2) is 52.1 Å². The molecule has 3 rings (SSSR count). The second-order valence-electron chi connectivity index (χ2n) is 3.98. The predicted molar refractivity (Wildman–Crippen MR) is 64.7 cm³/mol. The summed E-state index contributed by atoms with van der Waals surface area (Å²) < 4.78 is 2.80. The molecule has 3 aromatic rings. The minimum Gasteiger partial charge on any atom is -0.267 e. The van der Waals surface area contributed by atoms with E-state index >= 15 is 0 Å². The highest BCUT2D eigenvalue weighted by Gasteiger charge is 2.13. The highest BCUT2D eigenvalue weighted by molar-refractivity contribution is 5.59. The van der Waals surface area contributed by atoms with E-state index in [9.17, 15) is 9.59 Å². The number of hydrogen-bond acceptors (Lipinski definition) is 2. The molecule has 17 heavy (non-hydrogen) atoms. The first-order chi connectivity index (χ1) is 8.18. The molecule has 84 valence electrons. The molecular formula is C13H10N2O2. The molecule has 4 heteroatoms. The number of aryl methyl sites for hydroxylation is 1. The van der Waals surface area contributed by atoms with Gasteiger partial charge in [0.2, 0.25) is 0 Å². The van der Waals surface area contributed by atoms with Gasteiger partial charge in [-0.3, -0.25) is 9.59 Å². The van der Waals surface area contributed by atoms with E-state index < -0.39 is 0 Å². The molecule has 4 nitrogen and oxygen atoms in total. The largest absolute Gasteiger partial charge is 0.275 e. The van der Waals surface area contributed by atoms with Crippen LogP contribution in [0.25, 0.3) is 11.3 Å². The maximum atomic E-state index is 11.7. The smallest absolute Gasteiger partial charge is 0.267 e. The van der Waals surface area contributed by atoms with Crippen LogP contribution in [0.5, 0.6) is 0 Å². The summed E-state index contributed by atoms with van der Waals surface area (Å²) >= 11 is 0. The zero-order valence-corrected chi connectivity index (χ0v) is 9.25. The molecule has 0 fully saturated rings. The van der Waals surface area contributed by atoms with Crippen molar-refractivity contribution < 1.29 is 0 Å². The molecule has 0 N–H and O–H groups in total. The minimum absolute atomic E-state index is 0.283. The number of benzene rings is 1. The lowest BCUT2D eigenvalue weighted by Gasteiger charge is -2.00. The molecule has 0 spiro atoms. The second kappa shape index (κ2) is 3.31. The van der Waals surface area contributed by atoms with Crippen molar-refractivity contribution in [3.63, 3.8) is 0 Å². The van der Waals surface area contributed by atoms with Gasteiger partial charge in [-0.05, 0) is 6.92 Å². The fourth-order valence-electron chi connectivity index (χ4n) is 2.12. The quantitative estimate of drug-likeness (QED) is 0.625. The third-order valence-corrected chi connectivity index (χ3v) is 2.84. The molecular weight excluding hydrogens is 216 g/mol. The number of fused-ring (bicyclic) bond motifs is 1. The van der Waals surface area contributed by atoms with Crippen molar-refractivity contribution in [2.75, 3.05) is 0 Å². The number of rotatable bonds is 1. The Hall–Kier alpha value is -2.36. The maximum Gasteiger partial charge on any atom is 0.275 e. The first-order valence-electron chi connectivity index (χ1n) is 5.32. The summed E-state index contributed by atoms with van der Waals surface area (Å²) in [7, 11) is 0. The number of hydrogen-bond donors (Lipinski definition) is 0. The van der Waals surface area contributed by atoms with Gasteiger partial charge in [-0.15, -0.1) is 0 Å². The highest BCUT2D eigenvalue weighted by atomic mass is 16.2. The lowest BCUT2D eigenvalue weighted by Crippen LogP contribution is -2.20. The first-order valence-corrected chi connectivity index (χ1v) is 5.32. The van der Waals surface area contributed by atoms with Gasteiger partial charge in [0.25, 0.3) is 11.1 Å². The topological polar surface area (TPSA) is 43.0 Å². The van der Waals surface area contributed by atoms with Crippen molar-refractivity contribution in [1.82, 2.24) is 9.03 Å². The number of nitrogens with zero attached hydrogens (tertiary/aromatic N) is 2. The molecule has 0 aliphatic heterocycles. The molecule has 2 heterocycles. The van der Waals surface area contributed by atoms with Crippen LogP contribution in [-0.4, -0.2) is 9.03 Å². The Morgan fingerprint density at radius 3 is 2.24 bits per heavy atom. The van der Waals surface area contributed by atoms with E-state index in [1.807, 2.05) is 37.3 Å². The third kappa shape index (κ3) is 1.30. The van der Waals surface area contributed by atoms with Gasteiger partial charge in [0.15, 0.2) is 0 Å². The summed E-state index contributed by atoms with van der Waals surface area (Å²) in [6.45, 7) is 1.81. The van der Waals surface area contributed by atoms with Gasteiger partial charge < -0.3 is 0 Å². The van der Waals surface area contributed by atoms with Gasteiger partial charge in [-0.25, -0.2) is 4.52 Å². The van der Waals surface area contributed by atoms with Crippen LogP contribution in [0.1, 0.15) is 5.69 Å². The van der Waals surface area contributed by atoms with Gasteiger partial charge in [0, 0.05) is 23.4 Å². The molecule has 0 aliphatic carbocycles. The van der Waals surface area contributed by atoms with E-state index in [2.05, 4.69) is 0 Å². The molecule has 0 amide bonds. The first kappa shape index (κ1) is 9.84. The van der Waals surface area contributed by atoms with Crippen molar-refractivity contribution in [2.24, 2.45) is 0 Å². The molecule has 0 aliphatic rings. The molecule has 0 radical (unpaired) electrons. The van der Waals surface area contributed by atoms with Crippen LogP contribution in [0, 0.1) is 6.92 Å². The van der Waals surface area contributed by atoms with Crippen molar-refractivity contribution in [1.29, 1.82) is 0 Å². The number of aromatic nitrogens is 2. The summed E-state index contributed by atoms with van der Waals surface area (Å²) in [6.07, 6.45) is 0. The van der Waals surface area contributed by atoms with Crippen LogP contribution in [0.2, 0.25) is 0 Å². The monoisotopic (exact) mass is 226 g/mol. The molecule has 0 unspecified atom stereocenters. The van der Waals surface area contributed by atoms with Gasteiger partial charge in [-0.2, -0.15) is 4.52 Å². The van der Waals surface area contributed by atoms with Crippen LogP contribution < -0.4 is 11.1 Å². The zero-order chi connectivity index (χ0) is 12.0. The van der Waals surface area contributed by atoms with Gasteiger partial charge in [0.1, 0.15) is 0 Å². The van der Waals surface area contributed by atoms with Crippen molar-refractivity contribution in [3.05, 3.63) is 68.9 Å². The Bertz CT molecular complexity index is 784. The summed E-state index contributed by atoms with van der Waals surface area (Å²) in [4.78, 5) is 23.4. The Morgan fingerprint density at radius 2 is 1.53 bits per heavy atom. The van der Waals surface area contributed by atoms with E-state index in [1.54, 1.807) is 4.52 Å². The molecule has 0 atom stereocenters. The van der Waals surface area contributed by atoms with Crippen LogP contribution in [0.4, 0.5) is 0 Å². The normalized spacial score (nSPS) is 11.1. The Balaban J connectivity index is 2.47. The third-order valence-electron chi connectivity index (χ3n) is 2.84. The van der Waals surface area contributed by atoms with Gasteiger partial charge in [0.05, 0.1) is 5.69 Å². The standard InChI is InChI=1S/C13H10N2O2/c1-9-7-12(16)15-13(17)8-11(14(9)15)10-5-3-2-4-6-10/h2-8H,1H3. The van der Waals surface area contributed by atoms with Crippen LogP contribution in [0.3, 0.4) is 0 Å². The van der Waals surface area contributed by atoms with Crippen LogP contribution >= 0.6 is 0 Å². The Kier molecular flexibility index (Phi) is 1.92. The van der Waals surface area contributed by atoms with Crippen molar-refractivity contribution in [2.45, 2.75) is 6.92 Å². The SMILES string of the molecule is Cc1cc(=O)n2c(=O)cc(-c3ccccc3)n12. The van der Waals surface area contributed by atoms with Crippen molar-refractivity contribution in [3.8, 4) is 11.3 Å². The molecule has 0 saturated carbocycles. The predicted octanol–water partition coefficient (Wildman–Crippen LogP) is 1.17. The maximum absolute atomic E-state index is 11.7. The Labute approximate surface area is 96.7 Å². The van der Waals surface area contributed by atoms with E-state index in [0.29, 0.717) is 0 Å². The molecule has 0 saturated heterocycles. The minimum atomic E-state index is -0.290. The molecule has 0 bridgehead atoms. The fourth-order valence-corrected chi connectivity index (χ4v) is 2.12. The van der Waals surface area contributed by atoms with E-state index in [-0.39, 0.29) is 11.1 Å². The zero-order valence-electron chi connectivity index (χ0n) is 9.25. The summed E-state index contributed by atoms with van der Waals surface area (Å²) in [5, 5.41) is 0. The Morgan fingerprint density at radius 1 is 0.882 bits per heavy atom. The summed E-state index contributed by atoms with van der Waals surface area (Å²) in [5.41, 5.74) is 1.86. The van der Waals surface area contributed by atoms with E-state index in [1.165, 1.54) is 12.1 Å². The van der Waals surface area contributed by atoms with Gasteiger partial charge in [-0.1, -0.05) is 30.3 Å². The highest BCUT2D eigenvalue weighted by Crippen LogP contribution is 2.17. The van der Waals surface area contributed by atoms with Crippen LogP contribution in [-0.2, 0) is 0 Å². The fraction of sp³-hybridized carbons (Fsp3) is 0.0769. The van der Waals surface area contributed by atoms with Gasteiger partial charge >= 0.3 is 0 Å².